The highest BCUT2D eigenvalue weighted by Crippen LogP contribution is 2.09. The molecule has 0 saturated carbocycles. The van der Waals surface area contributed by atoms with Gasteiger partial charge in [0.2, 0.25) is 0 Å². The molecule has 86 valence electrons. The van der Waals surface area contributed by atoms with Gasteiger partial charge in [-0.05, 0) is 37.9 Å². The van der Waals surface area contributed by atoms with E-state index in [1.807, 2.05) is 0 Å². The van der Waals surface area contributed by atoms with Crippen LogP contribution in [0.3, 0.4) is 0 Å². The molecule has 0 spiro atoms. The fraction of sp³-hybridized carbons (Fsp3) is 1.00. The Morgan fingerprint density at radius 2 is 1.57 bits per heavy atom. The van der Waals surface area contributed by atoms with Gasteiger partial charge in [0.05, 0.1) is 0 Å². The maximum atomic E-state index is 3.49. The molecule has 2 N–H and O–H groups in total. The van der Waals surface area contributed by atoms with Crippen LogP contribution in [-0.4, -0.2) is 25.7 Å². The van der Waals surface area contributed by atoms with E-state index >= 15 is 0 Å². The molecule has 0 aromatic rings. The lowest BCUT2D eigenvalue weighted by atomic mass is 9.97. The van der Waals surface area contributed by atoms with Crippen molar-refractivity contribution in [3.63, 3.8) is 0 Å². The molecule has 0 aliphatic heterocycles. The van der Waals surface area contributed by atoms with Gasteiger partial charge in [0.15, 0.2) is 0 Å². The Morgan fingerprint density at radius 1 is 1.00 bits per heavy atom. The molecular formula is C12H28N2. The minimum absolute atomic E-state index is 0.413. The molecule has 0 aromatic heterocycles. The van der Waals surface area contributed by atoms with Crippen LogP contribution < -0.4 is 10.6 Å². The van der Waals surface area contributed by atoms with Gasteiger partial charge >= 0.3 is 0 Å². The van der Waals surface area contributed by atoms with E-state index in [2.05, 4.69) is 45.3 Å². The van der Waals surface area contributed by atoms with Crippen molar-refractivity contribution in [3.8, 4) is 0 Å². The van der Waals surface area contributed by atoms with Crippen molar-refractivity contribution in [3.05, 3.63) is 0 Å². The number of rotatable bonds is 7. The Bertz CT molecular complexity index is 125. The lowest BCUT2D eigenvalue weighted by molar-refractivity contribution is 0.377. The zero-order valence-electron chi connectivity index (χ0n) is 10.6. The van der Waals surface area contributed by atoms with Crippen LogP contribution in [0, 0.1) is 5.41 Å². The van der Waals surface area contributed by atoms with Crippen LogP contribution in [0.25, 0.3) is 0 Å². The first-order valence-corrected chi connectivity index (χ1v) is 5.86. The molecule has 0 aliphatic carbocycles. The van der Waals surface area contributed by atoms with Gasteiger partial charge in [-0.2, -0.15) is 0 Å². The molecule has 0 amide bonds. The second-order valence-corrected chi connectivity index (χ2v) is 5.55. The van der Waals surface area contributed by atoms with Crippen molar-refractivity contribution in [2.24, 2.45) is 5.41 Å². The molecule has 0 saturated heterocycles. The molecule has 0 radical (unpaired) electrons. The summed E-state index contributed by atoms with van der Waals surface area (Å²) in [6, 6.07) is 0.623. The van der Waals surface area contributed by atoms with E-state index in [0.717, 1.165) is 19.6 Å². The van der Waals surface area contributed by atoms with E-state index in [1.54, 1.807) is 0 Å². The lowest BCUT2D eigenvalue weighted by Crippen LogP contribution is -2.28. The third kappa shape index (κ3) is 11.9. The maximum absolute atomic E-state index is 3.49. The van der Waals surface area contributed by atoms with E-state index < -0.39 is 0 Å². The fourth-order valence-electron chi connectivity index (χ4n) is 1.23. The minimum Gasteiger partial charge on any atom is -0.316 e. The summed E-state index contributed by atoms with van der Waals surface area (Å²) in [6.07, 6.45) is 2.55. The van der Waals surface area contributed by atoms with Gasteiger partial charge < -0.3 is 10.6 Å². The second-order valence-electron chi connectivity index (χ2n) is 5.55. The Balaban J connectivity index is 3.07. The van der Waals surface area contributed by atoms with E-state index in [4.69, 9.17) is 0 Å². The summed E-state index contributed by atoms with van der Waals surface area (Å²) in [5, 5.41) is 6.91. The summed E-state index contributed by atoms with van der Waals surface area (Å²) in [5.41, 5.74) is 0.413. The Morgan fingerprint density at radius 3 is 2.07 bits per heavy atom. The van der Waals surface area contributed by atoms with E-state index in [1.165, 1.54) is 12.8 Å². The highest BCUT2D eigenvalue weighted by atomic mass is 14.9. The van der Waals surface area contributed by atoms with Crippen molar-refractivity contribution in [1.82, 2.24) is 10.6 Å². The number of hydrogen-bond acceptors (Lipinski definition) is 2. The largest absolute Gasteiger partial charge is 0.316 e. The van der Waals surface area contributed by atoms with Crippen LogP contribution in [-0.2, 0) is 0 Å². The summed E-state index contributed by atoms with van der Waals surface area (Å²) in [6.45, 7) is 14.6. The van der Waals surface area contributed by atoms with Gasteiger partial charge in [-0.3, -0.25) is 0 Å². The van der Waals surface area contributed by atoms with Crippen molar-refractivity contribution in [2.45, 2.75) is 53.5 Å². The Kier molecular flexibility index (Phi) is 7.20. The standard InChI is InChI=1S/C12H28N2/c1-11(2)14-9-7-6-8-13-10-12(3,4)5/h11,13-14H,6-10H2,1-5H3. The minimum atomic E-state index is 0.413. The first kappa shape index (κ1) is 13.9. The molecule has 0 unspecified atom stereocenters. The summed E-state index contributed by atoms with van der Waals surface area (Å²) in [4.78, 5) is 0. The van der Waals surface area contributed by atoms with Crippen LogP contribution in [0.5, 0.6) is 0 Å². The van der Waals surface area contributed by atoms with Crippen LogP contribution >= 0.6 is 0 Å². The molecule has 0 heterocycles. The highest BCUT2D eigenvalue weighted by Gasteiger charge is 2.07. The lowest BCUT2D eigenvalue weighted by Gasteiger charge is -2.18. The molecule has 2 nitrogen and oxygen atoms in total. The molecule has 0 bridgehead atoms. The van der Waals surface area contributed by atoms with Crippen molar-refractivity contribution in [1.29, 1.82) is 0 Å². The second kappa shape index (κ2) is 7.24. The quantitative estimate of drug-likeness (QED) is 0.617. The predicted octanol–water partition coefficient (Wildman–Crippen LogP) is 2.40. The number of nitrogens with one attached hydrogen (secondary N) is 2. The van der Waals surface area contributed by atoms with Crippen molar-refractivity contribution in [2.75, 3.05) is 19.6 Å². The summed E-state index contributed by atoms with van der Waals surface area (Å²) < 4.78 is 0. The zero-order chi connectivity index (χ0) is 11.0. The fourth-order valence-corrected chi connectivity index (χ4v) is 1.23. The average molecular weight is 200 g/mol. The van der Waals surface area contributed by atoms with Gasteiger partial charge in [0.25, 0.3) is 0 Å². The van der Waals surface area contributed by atoms with Crippen LogP contribution in [0.1, 0.15) is 47.5 Å². The molecule has 0 atom stereocenters. The summed E-state index contributed by atoms with van der Waals surface area (Å²) >= 11 is 0. The third-order valence-electron chi connectivity index (χ3n) is 1.99. The predicted molar refractivity (Wildman–Crippen MR) is 64.7 cm³/mol. The summed E-state index contributed by atoms with van der Waals surface area (Å²) in [7, 11) is 0. The molecule has 14 heavy (non-hydrogen) atoms. The summed E-state index contributed by atoms with van der Waals surface area (Å²) in [5.74, 6) is 0. The number of unbranched alkanes of at least 4 members (excludes halogenated alkanes) is 1. The first-order chi connectivity index (χ1) is 6.42. The normalized spacial score (nSPS) is 12.4. The molecular weight excluding hydrogens is 172 g/mol. The van der Waals surface area contributed by atoms with E-state index in [-0.39, 0.29) is 0 Å². The van der Waals surface area contributed by atoms with Crippen LogP contribution in [0.4, 0.5) is 0 Å². The van der Waals surface area contributed by atoms with Crippen LogP contribution in [0.2, 0.25) is 0 Å². The Hall–Kier alpha value is -0.0800. The van der Waals surface area contributed by atoms with Crippen molar-refractivity contribution < 1.29 is 0 Å². The van der Waals surface area contributed by atoms with E-state index in [9.17, 15) is 0 Å². The SMILES string of the molecule is CC(C)NCCCCNCC(C)(C)C. The zero-order valence-corrected chi connectivity index (χ0v) is 10.6. The molecule has 0 fully saturated rings. The molecule has 2 heteroatoms. The first-order valence-electron chi connectivity index (χ1n) is 5.86. The van der Waals surface area contributed by atoms with Gasteiger partial charge in [-0.25, -0.2) is 0 Å². The van der Waals surface area contributed by atoms with Gasteiger partial charge in [0, 0.05) is 6.04 Å². The highest BCUT2D eigenvalue weighted by molar-refractivity contribution is 4.64. The molecule has 0 aliphatic rings. The number of hydrogen-bond donors (Lipinski definition) is 2. The average Bonchev–Trinajstić information content (AvgIpc) is 2.00. The molecule has 0 rings (SSSR count). The topological polar surface area (TPSA) is 24.1 Å². The molecule has 0 aromatic carbocycles. The third-order valence-corrected chi connectivity index (χ3v) is 1.99. The monoisotopic (exact) mass is 200 g/mol. The van der Waals surface area contributed by atoms with E-state index in [0.29, 0.717) is 11.5 Å². The van der Waals surface area contributed by atoms with Gasteiger partial charge in [-0.15, -0.1) is 0 Å². The van der Waals surface area contributed by atoms with Gasteiger partial charge in [-0.1, -0.05) is 34.6 Å². The maximum Gasteiger partial charge on any atom is 0.00103 e. The van der Waals surface area contributed by atoms with Crippen LogP contribution in [0.15, 0.2) is 0 Å². The Labute approximate surface area is 89.9 Å². The van der Waals surface area contributed by atoms with Crippen molar-refractivity contribution >= 4 is 0 Å². The van der Waals surface area contributed by atoms with Gasteiger partial charge in [0.1, 0.15) is 0 Å². The smallest absolute Gasteiger partial charge is 0.00103 e.